The van der Waals surface area contributed by atoms with Crippen molar-refractivity contribution in [3.05, 3.63) is 81.5 Å². The second-order valence-corrected chi connectivity index (χ2v) is 8.39. The Labute approximate surface area is 188 Å². The third kappa shape index (κ3) is 3.58. The van der Waals surface area contributed by atoms with E-state index < -0.39 is 0 Å². The monoisotopic (exact) mass is 444 g/mol. The van der Waals surface area contributed by atoms with E-state index in [0.717, 1.165) is 22.4 Å². The maximum Gasteiger partial charge on any atom is 0.263 e. The summed E-state index contributed by atoms with van der Waals surface area (Å²) in [4.78, 5) is 18.5. The zero-order chi connectivity index (χ0) is 22.2. The topological polar surface area (TPSA) is 83.0 Å². The first-order valence-corrected chi connectivity index (χ1v) is 10.9. The minimum Gasteiger partial charge on any atom is -0.497 e. The van der Waals surface area contributed by atoms with Crippen molar-refractivity contribution in [1.82, 2.24) is 19.7 Å². The molecule has 0 aliphatic carbocycles. The van der Waals surface area contributed by atoms with Crippen LogP contribution < -0.4 is 10.3 Å². The zero-order valence-electron chi connectivity index (χ0n) is 17.8. The van der Waals surface area contributed by atoms with Crippen LogP contribution in [0.3, 0.4) is 0 Å². The molecule has 32 heavy (non-hydrogen) atoms. The molecule has 0 unspecified atom stereocenters. The predicted molar refractivity (Wildman–Crippen MR) is 124 cm³/mol. The molecule has 2 aromatic carbocycles. The molecule has 5 aromatic rings. The van der Waals surface area contributed by atoms with Gasteiger partial charge in [0.15, 0.2) is 0 Å². The predicted octanol–water partition coefficient (Wildman–Crippen LogP) is 4.85. The number of nitrogens with zero attached hydrogens (tertiary/aromatic N) is 4. The fourth-order valence-corrected chi connectivity index (χ4v) is 4.42. The Balaban J connectivity index is 1.49. The van der Waals surface area contributed by atoms with Gasteiger partial charge < -0.3 is 9.15 Å². The van der Waals surface area contributed by atoms with Crippen LogP contribution in [0.25, 0.3) is 32.8 Å². The molecule has 0 amide bonds. The number of fused-ring (bicyclic) bond motifs is 1. The van der Waals surface area contributed by atoms with Crippen LogP contribution in [0.5, 0.6) is 5.75 Å². The van der Waals surface area contributed by atoms with E-state index in [9.17, 15) is 4.79 Å². The number of aryl methyl sites for hydroxylation is 2. The summed E-state index contributed by atoms with van der Waals surface area (Å²) < 4.78 is 12.5. The number of hydrogen-bond acceptors (Lipinski definition) is 7. The Kier molecular flexibility index (Phi) is 5.07. The van der Waals surface area contributed by atoms with Crippen LogP contribution in [0.15, 0.2) is 63.4 Å². The third-order valence-electron chi connectivity index (χ3n) is 5.49. The van der Waals surface area contributed by atoms with Crippen LogP contribution in [0, 0.1) is 13.8 Å². The molecule has 0 bridgehead atoms. The van der Waals surface area contributed by atoms with E-state index in [1.165, 1.54) is 33.4 Å². The van der Waals surface area contributed by atoms with Crippen LogP contribution in [0.4, 0.5) is 0 Å². The van der Waals surface area contributed by atoms with Gasteiger partial charge in [0.25, 0.3) is 5.56 Å². The Bertz CT molecular complexity index is 1480. The lowest BCUT2D eigenvalue weighted by Crippen LogP contribution is -2.21. The Hall–Kier alpha value is -3.78. The summed E-state index contributed by atoms with van der Waals surface area (Å²) in [5.74, 6) is 1.47. The molecule has 7 nitrogen and oxygen atoms in total. The van der Waals surface area contributed by atoms with Crippen molar-refractivity contribution in [1.29, 1.82) is 0 Å². The van der Waals surface area contributed by atoms with Crippen molar-refractivity contribution in [2.24, 2.45) is 0 Å². The van der Waals surface area contributed by atoms with Gasteiger partial charge in [0.05, 0.1) is 18.8 Å². The van der Waals surface area contributed by atoms with E-state index in [0.29, 0.717) is 22.0 Å². The first-order chi connectivity index (χ1) is 15.5. The number of hydrogen-bond donors (Lipinski definition) is 0. The smallest absolute Gasteiger partial charge is 0.263 e. The molecule has 8 heteroatoms. The number of aromatic nitrogens is 4. The highest BCUT2D eigenvalue weighted by molar-refractivity contribution is 7.17. The lowest BCUT2D eigenvalue weighted by molar-refractivity contribution is 0.415. The number of ether oxygens (including phenoxy) is 1. The van der Waals surface area contributed by atoms with Crippen LogP contribution in [0.2, 0.25) is 0 Å². The van der Waals surface area contributed by atoms with Gasteiger partial charge in [0, 0.05) is 16.5 Å². The van der Waals surface area contributed by atoms with E-state index in [4.69, 9.17) is 9.15 Å². The van der Waals surface area contributed by atoms with Crippen molar-refractivity contribution in [3.63, 3.8) is 0 Å². The van der Waals surface area contributed by atoms with Gasteiger partial charge in [-0.3, -0.25) is 9.36 Å². The number of methoxy groups -OCH3 is 1. The molecule has 0 radical (unpaired) electrons. The first kappa shape index (κ1) is 20.1. The molecule has 160 valence electrons. The van der Waals surface area contributed by atoms with Crippen molar-refractivity contribution < 1.29 is 9.15 Å². The fraction of sp³-hybridized carbons (Fsp3) is 0.167. The molecule has 0 spiro atoms. The summed E-state index contributed by atoms with van der Waals surface area (Å²) >= 11 is 1.47. The fourth-order valence-electron chi connectivity index (χ4n) is 3.52. The quantitative estimate of drug-likeness (QED) is 0.385. The van der Waals surface area contributed by atoms with Gasteiger partial charge in [-0.1, -0.05) is 18.2 Å². The average molecular weight is 445 g/mol. The standard InChI is InChI=1S/C24H20N4O3S/c1-14-4-5-17(10-15(14)2)19-12-32-23-21(19)24(29)28(13-25-23)11-20-26-27-22(31-20)16-6-8-18(30-3)9-7-16/h4-10,12-13H,11H2,1-3H3. The van der Waals surface area contributed by atoms with Crippen LogP contribution in [-0.4, -0.2) is 26.9 Å². The van der Waals surface area contributed by atoms with Gasteiger partial charge in [-0.05, 0) is 54.8 Å². The highest BCUT2D eigenvalue weighted by Crippen LogP contribution is 2.31. The summed E-state index contributed by atoms with van der Waals surface area (Å²) in [6.07, 6.45) is 1.53. The molecule has 0 aliphatic heterocycles. The summed E-state index contributed by atoms with van der Waals surface area (Å²) in [5.41, 5.74) is 4.95. The average Bonchev–Trinajstić information content (AvgIpc) is 3.45. The van der Waals surface area contributed by atoms with Crippen LogP contribution >= 0.6 is 11.3 Å². The molecule has 0 saturated carbocycles. The van der Waals surface area contributed by atoms with Crippen LogP contribution in [0.1, 0.15) is 17.0 Å². The van der Waals surface area contributed by atoms with Crippen molar-refractivity contribution in [2.45, 2.75) is 20.4 Å². The van der Waals surface area contributed by atoms with Crippen LogP contribution in [-0.2, 0) is 6.54 Å². The largest absolute Gasteiger partial charge is 0.497 e. The Morgan fingerprint density at radius 2 is 1.81 bits per heavy atom. The van der Waals surface area contributed by atoms with Crippen molar-refractivity contribution in [3.8, 4) is 28.3 Å². The second kappa shape index (κ2) is 8.05. The molecule has 0 aliphatic rings. The van der Waals surface area contributed by atoms with Gasteiger partial charge in [-0.25, -0.2) is 4.98 Å². The van der Waals surface area contributed by atoms with E-state index in [-0.39, 0.29) is 12.1 Å². The normalized spacial score (nSPS) is 11.2. The highest BCUT2D eigenvalue weighted by Gasteiger charge is 2.16. The maximum atomic E-state index is 13.3. The summed E-state index contributed by atoms with van der Waals surface area (Å²) in [6, 6.07) is 13.6. The molecule has 0 N–H and O–H groups in total. The van der Waals surface area contributed by atoms with E-state index in [1.54, 1.807) is 7.11 Å². The van der Waals surface area contributed by atoms with Gasteiger partial charge >= 0.3 is 0 Å². The molecule has 0 saturated heterocycles. The molecule has 0 atom stereocenters. The van der Waals surface area contributed by atoms with Crippen molar-refractivity contribution in [2.75, 3.05) is 7.11 Å². The lowest BCUT2D eigenvalue weighted by Gasteiger charge is -2.06. The summed E-state index contributed by atoms with van der Waals surface area (Å²) in [7, 11) is 1.61. The van der Waals surface area contributed by atoms with Gasteiger partial charge in [0.2, 0.25) is 11.8 Å². The Morgan fingerprint density at radius 1 is 1.03 bits per heavy atom. The first-order valence-electron chi connectivity index (χ1n) is 10.0. The van der Waals surface area contributed by atoms with Gasteiger partial charge in [-0.15, -0.1) is 21.5 Å². The van der Waals surface area contributed by atoms with Gasteiger partial charge in [-0.2, -0.15) is 0 Å². The molecular formula is C24H20N4O3S. The van der Waals surface area contributed by atoms with E-state index in [1.807, 2.05) is 35.7 Å². The SMILES string of the molecule is COc1ccc(-c2nnc(Cn3cnc4scc(-c5ccc(C)c(C)c5)c4c3=O)o2)cc1. The molecule has 3 heterocycles. The summed E-state index contributed by atoms with van der Waals surface area (Å²) in [6.45, 7) is 4.29. The van der Waals surface area contributed by atoms with Crippen molar-refractivity contribution >= 4 is 21.6 Å². The minimum absolute atomic E-state index is 0.131. The highest BCUT2D eigenvalue weighted by atomic mass is 32.1. The second-order valence-electron chi connectivity index (χ2n) is 7.54. The lowest BCUT2D eigenvalue weighted by atomic mass is 10.0. The number of rotatable bonds is 5. The zero-order valence-corrected chi connectivity index (χ0v) is 18.6. The number of thiophene rings is 1. The van der Waals surface area contributed by atoms with E-state index in [2.05, 4.69) is 41.2 Å². The minimum atomic E-state index is -0.131. The number of benzene rings is 2. The van der Waals surface area contributed by atoms with E-state index >= 15 is 0 Å². The summed E-state index contributed by atoms with van der Waals surface area (Å²) in [5, 5.41) is 10.8. The molecular weight excluding hydrogens is 424 g/mol. The van der Waals surface area contributed by atoms with Gasteiger partial charge in [0.1, 0.15) is 17.1 Å². The maximum absolute atomic E-state index is 13.3. The molecule has 3 aromatic heterocycles. The molecule has 5 rings (SSSR count). The Morgan fingerprint density at radius 3 is 2.56 bits per heavy atom. The molecule has 0 fully saturated rings. The third-order valence-corrected chi connectivity index (χ3v) is 6.37.